The smallest absolute Gasteiger partial charge is 0.325 e. The van der Waals surface area contributed by atoms with Gasteiger partial charge in [0.05, 0.1) is 5.75 Å². The van der Waals surface area contributed by atoms with E-state index in [4.69, 9.17) is 0 Å². The van der Waals surface area contributed by atoms with Gasteiger partial charge in [-0.2, -0.15) is 0 Å². The van der Waals surface area contributed by atoms with E-state index in [9.17, 15) is 9.59 Å². The predicted molar refractivity (Wildman–Crippen MR) is 106 cm³/mol. The first-order chi connectivity index (χ1) is 12.6. The molecule has 8 heteroatoms. The van der Waals surface area contributed by atoms with Crippen molar-refractivity contribution in [1.82, 2.24) is 14.8 Å². The van der Waals surface area contributed by atoms with Crippen LogP contribution in [-0.4, -0.2) is 26.4 Å². The van der Waals surface area contributed by atoms with E-state index in [2.05, 4.69) is 31.4 Å². The molecule has 0 unspecified atom stereocenters. The van der Waals surface area contributed by atoms with Crippen LogP contribution in [0.15, 0.2) is 69.0 Å². The normalized spacial score (nSPS) is 10.7. The molecule has 0 fully saturated rings. The molecule has 0 saturated heterocycles. The minimum absolute atomic E-state index is 0.154. The second kappa shape index (κ2) is 8.86. The van der Waals surface area contributed by atoms with Crippen molar-refractivity contribution in [1.29, 1.82) is 0 Å². The number of aromatic amines is 1. The van der Waals surface area contributed by atoms with Gasteiger partial charge in [-0.25, -0.2) is 9.89 Å². The lowest BCUT2D eigenvalue weighted by atomic mass is 10.1. The predicted octanol–water partition coefficient (Wildman–Crippen LogP) is 3.31. The van der Waals surface area contributed by atoms with Crippen molar-refractivity contribution in [2.75, 3.05) is 11.1 Å². The van der Waals surface area contributed by atoms with E-state index < -0.39 is 0 Å². The number of H-pyrrole nitrogens is 1. The van der Waals surface area contributed by atoms with Crippen LogP contribution in [0.5, 0.6) is 0 Å². The molecule has 26 heavy (non-hydrogen) atoms. The van der Waals surface area contributed by atoms with E-state index in [0.29, 0.717) is 17.4 Å². The molecule has 0 radical (unpaired) electrons. The number of halogens is 1. The van der Waals surface area contributed by atoms with Crippen LogP contribution in [0.4, 0.5) is 5.69 Å². The fraction of sp³-hybridized carbons (Fsp3) is 0.167. The monoisotopic (exact) mass is 432 g/mol. The van der Waals surface area contributed by atoms with E-state index in [1.807, 2.05) is 54.6 Å². The quantitative estimate of drug-likeness (QED) is 0.561. The second-order valence-corrected chi connectivity index (χ2v) is 7.40. The van der Waals surface area contributed by atoms with Gasteiger partial charge in [0.2, 0.25) is 5.91 Å². The van der Waals surface area contributed by atoms with Crippen LogP contribution >= 0.6 is 27.7 Å². The van der Waals surface area contributed by atoms with Crippen molar-refractivity contribution in [3.8, 4) is 0 Å². The maximum atomic E-state index is 12.1. The van der Waals surface area contributed by atoms with E-state index in [0.717, 1.165) is 16.5 Å². The Morgan fingerprint density at radius 1 is 1.19 bits per heavy atom. The largest absolute Gasteiger partial charge is 0.343 e. The van der Waals surface area contributed by atoms with Crippen LogP contribution < -0.4 is 11.0 Å². The number of nitrogens with one attached hydrogen (secondary N) is 2. The topological polar surface area (TPSA) is 79.8 Å². The molecule has 0 aliphatic heterocycles. The number of aryl methyl sites for hydroxylation is 1. The number of rotatable bonds is 7. The average molecular weight is 433 g/mol. The third-order valence-electron chi connectivity index (χ3n) is 3.63. The van der Waals surface area contributed by atoms with Crippen LogP contribution in [0.25, 0.3) is 0 Å². The van der Waals surface area contributed by atoms with Gasteiger partial charge in [-0.05, 0) is 30.2 Å². The van der Waals surface area contributed by atoms with Crippen molar-refractivity contribution in [3.05, 3.63) is 75.1 Å². The minimum atomic E-state index is -0.268. The van der Waals surface area contributed by atoms with Gasteiger partial charge >= 0.3 is 5.69 Å². The standard InChI is InChI=1S/C18H17BrN4O2S/c19-14-7-4-8-15(11-14)20-16(24)12-26-18-22-21-17(25)23(18)10-9-13-5-2-1-3-6-13/h1-8,11H,9-10,12H2,(H,20,24)(H,21,25). The Kier molecular flexibility index (Phi) is 6.30. The molecular weight excluding hydrogens is 416 g/mol. The highest BCUT2D eigenvalue weighted by Gasteiger charge is 2.12. The zero-order valence-electron chi connectivity index (χ0n) is 13.8. The van der Waals surface area contributed by atoms with Gasteiger partial charge in [0.15, 0.2) is 5.16 Å². The van der Waals surface area contributed by atoms with E-state index in [-0.39, 0.29) is 17.3 Å². The SMILES string of the molecule is O=C(CSc1n[nH]c(=O)n1CCc1ccccc1)Nc1cccc(Br)c1. The van der Waals surface area contributed by atoms with Gasteiger partial charge < -0.3 is 5.32 Å². The molecule has 0 bridgehead atoms. The lowest BCUT2D eigenvalue weighted by molar-refractivity contribution is -0.113. The molecule has 0 saturated carbocycles. The molecule has 3 rings (SSSR count). The Morgan fingerprint density at radius 2 is 2.00 bits per heavy atom. The molecule has 0 aliphatic carbocycles. The fourth-order valence-electron chi connectivity index (χ4n) is 2.39. The van der Waals surface area contributed by atoms with Crippen molar-refractivity contribution in [2.45, 2.75) is 18.1 Å². The molecule has 134 valence electrons. The first-order valence-electron chi connectivity index (χ1n) is 7.99. The summed E-state index contributed by atoms with van der Waals surface area (Å²) < 4.78 is 2.45. The highest BCUT2D eigenvalue weighted by Crippen LogP contribution is 2.18. The van der Waals surface area contributed by atoms with Crippen molar-refractivity contribution in [3.63, 3.8) is 0 Å². The Balaban J connectivity index is 1.58. The van der Waals surface area contributed by atoms with Crippen molar-refractivity contribution < 1.29 is 4.79 Å². The van der Waals surface area contributed by atoms with Crippen LogP contribution in [0, 0.1) is 0 Å². The van der Waals surface area contributed by atoms with Gasteiger partial charge in [-0.15, -0.1) is 5.10 Å². The van der Waals surface area contributed by atoms with Gasteiger partial charge in [-0.3, -0.25) is 9.36 Å². The summed E-state index contributed by atoms with van der Waals surface area (Å²) in [4.78, 5) is 24.1. The van der Waals surface area contributed by atoms with E-state index in [1.54, 1.807) is 4.57 Å². The molecule has 1 heterocycles. The first-order valence-corrected chi connectivity index (χ1v) is 9.77. The van der Waals surface area contributed by atoms with E-state index in [1.165, 1.54) is 11.8 Å². The minimum Gasteiger partial charge on any atom is -0.325 e. The Hall–Kier alpha value is -2.32. The van der Waals surface area contributed by atoms with Crippen LogP contribution in [-0.2, 0) is 17.8 Å². The number of hydrogen-bond donors (Lipinski definition) is 2. The molecule has 2 aromatic carbocycles. The van der Waals surface area contributed by atoms with Gasteiger partial charge in [0.1, 0.15) is 0 Å². The number of carbonyl (C=O) groups excluding carboxylic acids is 1. The number of amides is 1. The summed E-state index contributed by atoms with van der Waals surface area (Å²) in [5.74, 6) is 0.0143. The molecule has 0 spiro atoms. The summed E-state index contributed by atoms with van der Waals surface area (Å²) in [5, 5.41) is 9.81. The molecule has 1 amide bonds. The summed E-state index contributed by atoms with van der Waals surface area (Å²) >= 11 is 4.60. The van der Waals surface area contributed by atoms with Gasteiger partial charge in [-0.1, -0.05) is 64.1 Å². The molecule has 3 aromatic rings. The van der Waals surface area contributed by atoms with Crippen LogP contribution in [0.3, 0.4) is 0 Å². The fourth-order valence-corrected chi connectivity index (χ4v) is 3.56. The number of benzene rings is 2. The summed E-state index contributed by atoms with van der Waals surface area (Å²) in [5.41, 5.74) is 1.59. The Morgan fingerprint density at radius 3 is 2.77 bits per heavy atom. The van der Waals surface area contributed by atoms with Crippen molar-refractivity contribution >= 4 is 39.3 Å². The number of hydrogen-bond acceptors (Lipinski definition) is 4. The summed E-state index contributed by atoms with van der Waals surface area (Å²) in [6, 6.07) is 17.3. The molecule has 0 aliphatic rings. The van der Waals surface area contributed by atoms with Crippen LogP contribution in [0.2, 0.25) is 0 Å². The molecule has 2 N–H and O–H groups in total. The molecule has 6 nitrogen and oxygen atoms in total. The number of anilines is 1. The summed E-state index contributed by atoms with van der Waals surface area (Å²) in [6.07, 6.45) is 0.720. The average Bonchev–Trinajstić information content (AvgIpc) is 2.99. The second-order valence-electron chi connectivity index (χ2n) is 5.55. The number of carbonyl (C=O) groups is 1. The zero-order valence-corrected chi connectivity index (χ0v) is 16.2. The maximum Gasteiger partial charge on any atom is 0.343 e. The number of aromatic nitrogens is 3. The molecule has 0 atom stereocenters. The third kappa shape index (κ3) is 5.09. The summed E-state index contributed by atoms with van der Waals surface area (Å²) in [6.45, 7) is 0.509. The first kappa shape index (κ1) is 18.5. The van der Waals surface area contributed by atoms with Gasteiger partial charge in [0, 0.05) is 16.7 Å². The third-order valence-corrected chi connectivity index (χ3v) is 5.10. The van der Waals surface area contributed by atoms with Crippen LogP contribution in [0.1, 0.15) is 5.56 Å². The maximum absolute atomic E-state index is 12.1. The Bertz CT molecular complexity index is 940. The highest BCUT2D eigenvalue weighted by atomic mass is 79.9. The summed E-state index contributed by atoms with van der Waals surface area (Å²) in [7, 11) is 0. The highest BCUT2D eigenvalue weighted by molar-refractivity contribution is 9.10. The number of thioether (sulfide) groups is 1. The zero-order chi connectivity index (χ0) is 18.4. The lowest BCUT2D eigenvalue weighted by Crippen LogP contribution is -2.20. The number of nitrogens with zero attached hydrogens (tertiary/aromatic N) is 2. The van der Waals surface area contributed by atoms with E-state index >= 15 is 0 Å². The molecule has 1 aromatic heterocycles. The van der Waals surface area contributed by atoms with Gasteiger partial charge in [0.25, 0.3) is 0 Å². The molecular formula is C18H17BrN4O2S. The Labute approximate surface area is 163 Å². The lowest BCUT2D eigenvalue weighted by Gasteiger charge is -2.07. The van der Waals surface area contributed by atoms with Crippen molar-refractivity contribution in [2.24, 2.45) is 0 Å².